The number of hydrogen-bond acceptors (Lipinski definition) is 1. The van der Waals surface area contributed by atoms with Gasteiger partial charge in [0.05, 0.1) is 11.0 Å². The molecule has 3 rings (SSSR count). The molecule has 0 fully saturated rings. The van der Waals surface area contributed by atoms with Crippen molar-refractivity contribution in [3.63, 3.8) is 0 Å². The van der Waals surface area contributed by atoms with E-state index in [1.54, 1.807) is 0 Å². The fraction of sp³-hybridized carbons (Fsp3) is 0. The standard InChI is InChI=1S/C13H8Br2N2S/c14-8-2-1-3-10(6-8)17-12-5-4-9(15)7-11(12)16-13(17)18/h1-7H,(H,16,18). The number of nitrogens with one attached hydrogen (secondary N) is 1. The first kappa shape index (κ1) is 12.1. The lowest BCUT2D eigenvalue weighted by Gasteiger charge is -2.04. The third-order valence-electron chi connectivity index (χ3n) is 2.71. The molecule has 0 unspecified atom stereocenters. The van der Waals surface area contributed by atoms with E-state index in [-0.39, 0.29) is 0 Å². The lowest BCUT2D eigenvalue weighted by Crippen LogP contribution is -1.93. The molecule has 0 aliphatic rings. The van der Waals surface area contributed by atoms with E-state index in [4.69, 9.17) is 12.2 Å². The van der Waals surface area contributed by atoms with Crippen LogP contribution in [0.3, 0.4) is 0 Å². The summed E-state index contributed by atoms with van der Waals surface area (Å²) in [5.74, 6) is 0. The van der Waals surface area contributed by atoms with Gasteiger partial charge in [-0.2, -0.15) is 0 Å². The SMILES string of the molecule is S=c1[nH]c2cc(Br)ccc2n1-c1cccc(Br)c1. The second-order valence-corrected chi connectivity index (χ2v) is 6.12. The summed E-state index contributed by atoms with van der Waals surface area (Å²) in [5.41, 5.74) is 3.14. The second kappa shape index (κ2) is 4.64. The molecule has 0 radical (unpaired) electrons. The van der Waals surface area contributed by atoms with Gasteiger partial charge < -0.3 is 4.98 Å². The smallest absolute Gasteiger partial charge is 0.182 e. The van der Waals surface area contributed by atoms with E-state index in [0.717, 1.165) is 25.7 Å². The monoisotopic (exact) mass is 382 g/mol. The first-order valence-corrected chi connectivity index (χ1v) is 7.31. The number of H-pyrrole nitrogens is 1. The number of fused-ring (bicyclic) bond motifs is 1. The van der Waals surface area contributed by atoms with Gasteiger partial charge in [0.25, 0.3) is 0 Å². The van der Waals surface area contributed by atoms with Crippen LogP contribution in [0.4, 0.5) is 0 Å². The lowest BCUT2D eigenvalue weighted by atomic mass is 10.3. The molecule has 18 heavy (non-hydrogen) atoms. The maximum atomic E-state index is 5.40. The van der Waals surface area contributed by atoms with Crippen LogP contribution in [-0.2, 0) is 0 Å². The summed E-state index contributed by atoms with van der Waals surface area (Å²) in [6, 6.07) is 14.2. The molecule has 5 heteroatoms. The molecule has 0 spiro atoms. The molecule has 1 aromatic heterocycles. The highest BCUT2D eigenvalue weighted by atomic mass is 79.9. The Balaban J connectivity index is 2.35. The van der Waals surface area contributed by atoms with Crippen LogP contribution in [0.1, 0.15) is 0 Å². The van der Waals surface area contributed by atoms with Gasteiger partial charge in [-0.1, -0.05) is 37.9 Å². The van der Waals surface area contributed by atoms with Crippen molar-refractivity contribution >= 4 is 55.1 Å². The molecule has 1 N–H and O–H groups in total. The van der Waals surface area contributed by atoms with E-state index < -0.39 is 0 Å². The van der Waals surface area contributed by atoms with E-state index in [2.05, 4.69) is 36.8 Å². The van der Waals surface area contributed by atoms with Gasteiger partial charge >= 0.3 is 0 Å². The van der Waals surface area contributed by atoms with E-state index in [0.29, 0.717) is 4.77 Å². The van der Waals surface area contributed by atoms with Gasteiger partial charge in [-0.05, 0) is 48.6 Å². The summed E-state index contributed by atoms with van der Waals surface area (Å²) in [6.45, 7) is 0. The Morgan fingerprint density at radius 3 is 2.56 bits per heavy atom. The minimum atomic E-state index is 0.696. The molecule has 2 aromatic carbocycles. The molecule has 2 nitrogen and oxygen atoms in total. The molecule has 0 atom stereocenters. The van der Waals surface area contributed by atoms with Crippen LogP contribution in [0.5, 0.6) is 0 Å². The van der Waals surface area contributed by atoms with Gasteiger partial charge in [0.2, 0.25) is 0 Å². The van der Waals surface area contributed by atoms with E-state index in [1.807, 2.05) is 47.0 Å². The Kier molecular flexibility index (Phi) is 3.13. The van der Waals surface area contributed by atoms with Crippen molar-refractivity contribution in [2.24, 2.45) is 0 Å². The Morgan fingerprint density at radius 1 is 1.00 bits per heavy atom. The van der Waals surface area contributed by atoms with Crippen LogP contribution in [0.2, 0.25) is 0 Å². The third kappa shape index (κ3) is 2.06. The van der Waals surface area contributed by atoms with Crippen LogP contribution >= 0.6 is 44.1 Å². The highest BCUT2D eigenvalue weighted by Crippen LogP contribution is 2.24. The summed E-state index contributed by atoms with van der Waals surface area (Å²) in [4.78, 5) is 3.22. The van der Waals surface area contributed by atoms with Gasteiger partial charge in [-0.15, -0.1) is 0 Å². The maximum Gasteiger partial charge on any atom is 0.182 e. The first-order chi connectivity index (χ1) is 8.65. The highest BCUT2D eigenvalue weighted by molar-refractivity contribution is 9.10. The molecule has 0 amide bonds. The predicted molar refractivity (Wildman–Crippen MR) is 83.9 cm³/mol. The lowest BCUT2D eigenvalue weighted by molar-refractivity contribution is 1.06. The third-order valence-corrected chi connectivity index (χ3v) is 3.98. The number of rotatable bonds is 1. The Labute approximate surface area is 126 Å². The zero-order valence-corrected chi connectivity index (χ0v) is 13.1. The number of imidazole rings is 1. The molecular formula is C13H8Br2N2S. The Bertz CT molecular complexity index is 789. The van der Waals surface area contributed by atoms with Gasteiger partial charge in [0.15, 0.2) is 4.77 Å². The first-order valence-electron chi connectivity index (χ1n) is 5.31. The normalized spacial score (nSPS) is 11.0. The van der Waals surface area contributed by atoms with Crippen molar-refractivity contribution < 1.29 is 0 Å². The van der Waals surface area contributed by atoms with Crippen molar-refractivity contribution in [1.29, 1.82) is 0 Å². The summed E-state index contributed by atoms with van der Waals surface area (Å²) in [7, 11) is 0. The van der Waals surface area contributed by atoms with E-state index >= 15 is 0 Å². The number of aromatic amines is 1. The van der Waals surface area contributed by atoms with Crippen LogP contribution in [0, 0.1) is 4.77 Å². The average molecular weight is 384 g/mol. The molecule has 1 heterocycles. The summed E-state index contributed by atoms with van der Waals surface area (Å²) >= 11 is 12.3. The molecule has 0 aliphatic heterocycles. The van der Waals surface area contributed by atoms with Crippen molar-refractivity contribution in [2.75, 3.05) is 0 Å². The molecular weight excluding hydrogens is 376 g/mol. The Hall–Kier alpha value is -0.910. The van der Waals surface area contributed by atoms with Gasteiger partial charge in [0.1, 0.15) is 0 Å². The fourth-order valence-corrected chi connectivity index (χ4v) is 3.02. The van der Waals surface area contributed by atoms with Crippen LogP contribution in [0.15, 0.2) is 51.4 Å². The summed E-state index contributed by atoms with van der Waals surface area (Å²) in [6.07, 6.45) is 0. The molecule has 90 valence electrons. The van der Waals surface area contributed by atoms with Gasteiger partial charge in [-0.25, -0.2) is 0 Å². The van der Waals surface area contributed by atoms with Gasteiger partial charge in [-0.3, -0.25) is 4.57 Å². The van der Waals surface area contributed by atoms with Crippen molar-refractivity contribution in [3.05, 3.63) is 56.2 Å². The second-order valence-electron chi connectivity index (χ2n) is 3.91. The van der Waals surface area contributed by atoms with E-state index in [1.165, 1.54) is 0 Å². The highest BCUT2D eigenvalue weighted by Gasteiger charge is 2.06. The largest absolute Gasteiger partial charge is 0.330 e. The van der Waals surface area contributed by atoms with Crippen LogP contribution in [-0.4, -0.2) is 9.55 Å². The topological polar surface area (TPSA) is 20.7 Å². The van der Waals surface area contributed by atoms with Gasteiger partial charge in [0, 0.05) is 14.6 Å². The molecule has 0 saturated carbocycles. The van der Waals surface area contributed by atoms with Crippen molar-refractivity contribution in [1.82, 2.24) is 9.55 Å². The number of aromatic nitrogens is 2. The van der Waals surface area contributed by atoms with Crippen molar-refractivity contribution in [3.8, 4) is 5.69 Å². The number of nitrogens with zero attached hydrogens (tertiary/aromatic N) is 1. The summed E-state index contributed by atoms with van der Waals surface area (Å²) in [5, 5.41) is 0. The fourth-order valence-electron chi connectivity index (χ4n) is 1.96. The maximum absolute atomic E-state index is 5.40. The van der Waals surface area contributed by atoms with Crippen molar-refractivity contribution in [2.45, 2.75) is 0 Å². The quantitative estimate of drug-likeness (QED) is 0.571. The number of halogens is 2. The minimum Gasteiger partial charge on any atom is -0.330 e. The molecule has 0 saturated heterocycles. The number of benzene rings is 2. The zero-order valence-electron chi connectivity index (χ0n) is 9.15. The zero-order chi connectivity index (χ0) is 12.7. The Morgan fingerprint density at radius 2 is 1.78 bits per heavy atom. The van der Waals surface area contributed by atoms with E-state index in [9.17, 15) is 0 Å². The predicted octanol–water partition coefficient (Wildman–Crippen LogP) is 5.21. The molecule has 3 aromatic rings. The average Bonchev–Trinajstić information content (AvgIpc) is 2.64. The number of hydrogen-bond donors (Lipinski definition) is 1. The van der Waals surface area contributed by atoms with Crippen LogP contribution < -0.4 is 0 Å². The van der Waals surface area contributed by atoms with Crippen LogP contribution in [0.25, 0.3) is 16.7 Å². The minimum absolute atomic E-state index is 0.696. The summed E-state index contributed by atoms with van der Waals surface area (Å²) < 4.78 is 4.80. The molecule has 0 bridgehead atoms. The molecule has 0 aliphatic carbocycles.